The Hall–Kier alpha value is -0.120. The summed E-state index contributed by atoms with van der Waals surface area (Å²) in [6.45, 7) is 9.82. The molecule has 0 fully saturated rings. The van der Waals surface area contributed by atoms with E-state index in [4.69, 9.17) is 9.84 Å². The maximum absolute atomic E-state index is 9.04. The molecule has 0 amide bonds. The molecule has 0 aromatic rings. The lowest BCUT2D eigenvalue weighted by Crippen LogP contribution is -2.38. The van der Waals surface area contributed by atoms with Crippen LogP contribution in [0.15, 0.2) is 0 Å². The van der Waals surface area contributed by atoms with Crippen LogP contribution in [0.3, 0.4) is 0 Å². The highest BCUT2D eigenvalue weighted by Gasteiger charge is 2.15. The predicted molar refractivity (Wildman–Crippen MR) is 49.8 cm³/mol. The van der Waals surface area contributed by atoms with Gasteiger partial charge < -0.3 is 9.84 Å². The Morgan fingerprint density at radius 1 is 1.25 bits per heavy atom. The molecule has 0 rings (SSSR count). The smallest absolute Gasteiger partial charge is 0.153 e. The first-order chi connectivity index (χ1) is 5.65. The molecule has 0 saturated carbocycles. The Morgan fingerprint density at radius 3 is 2.00 bits per heavy atom. The van der Waals surface area contributed by atoms with E-state index in [9.17, 15) is 0 Å². The largest absolute Gasteiger partial charge is 0.368 e. The first kappa shape index (κ1) is 11.9. The summed E-state index contributed by atoms with van der Waals surface area (Å²) < 4.78 is 5.32. The number of hydrogen-bond donors (Lipinski definition) is 1. The quantitative estimate of drug-likeness (QED) is 0.620. The second-order valence-electron chi connectivity index (χ2n) is 2.82. The van der Waals surface area contributed by atoms with Gasteiger partial charge in [0, 0.05) is 0 Å². The van der Waals surface area contributed by atoms with Gasteiger partial charge in [0.25, 0.3) is 0 Å². The van der Waals surface area contributed by atoms with E-state index in [-0.39, 0.29) is 6.23 Å². The van der Waals surface area contributed by atoms with E-state index in [1.165, 1.54) is 0 Å². The average molecular weight is 175 g/mol. The molecule has 12 heavy (non-hydrogen) atoms. The minimum absolute atomic E-state index is 0.0556. The van der Waals surface area contributed by atoms with E-state index in [0.29, 0.717) is 0 Å². The van der Waals surface area contributed by atoms with E-state index >= 15 is 0 Å². The van der Waals surface area contributed by atoms with Gasteiger partial charge in [-0.2, -0.15) is 0 Å². The monoisotopic (exact) mass is 175 g/mol. The summed E-state index contributed by atoms with van der Waals surface area (Å²) in [7, 11) is 0. The van der Waals surface area contributed by atoms with Crippen molar-refractivity contribution in [2.75, 3.05) is 13.1 Å². The average Bonchev–Trinajstić information content (AvgIpc) is 2.04. The zero-order chi connectivity index (χ0) is 9.56. The number of ether oxygens (including phenoxy) is 1. The van der Waals surface area contributed by atoms with Gasteiger partial charge >= 0.3 is 0 Å². The maximum Gasteiger partial charge on any atom is 0.153 e. The van der Waals surface area contributed by atoms with Gasteiger partial charge in [-0.1, -0.05) is 20.8 Å². The van der Waals surface area contributed by atoms with Crippen molar-refractivity contribution in [1.29, 1.82) is 0 Å². The van der Waals surface area contributed by atoms with Crippen LogP contribution < -0.4 is 0 Å². The van der Waals surface area contributed by atoms with E-state index in [1.807, 2.05) is 0 Å². The summed E-state index contributed by atoms with van der Waals surface area (Å²) in [6.07, 6.45) is 0.294. The highest BCUT2D eigenvalue weighted by molar-refractivity contribution is 4.57. The first-order valence-electron chi connectivity index (χ1n) is 4.73. The van der Waals surface area contributed by atoms with Gasteiger partial charge in [-0.3, -0.25) is 4.90 Å². The summed E-state index contributed by atoms with van der Waals surface area (Å²) in [5.41, 5.74) is 0. The number of nitrogens with zero attached hydrogens (tertiary/aromatic N) is 1. The minimum Gasteiger partial charge on any atom is -0.368 e. The SMILES string of the molecule is CCC(OC(C)O)N(CC)CC. The van der Waals surface area contributed by atoms with Crippen LogP contribution in [0.2, 0.25) is 0 Å². The summed E-state index contributed by atoms with van der Waals surface area (Å²) >= 11 is 0. The highest BCUT2D eigenvalue weighted by atomic mass is 16.6. The van der Waals surface area contributed by atoms with Crippen molar-refractivity contribution in [2.24, 2.45) is 0 Å². The van der Waals surface area contributed by atoms with Gasteiger partial charge in [0.2, 0.25) is 0 Å². The second-order valence-corrected chi connectivity index (χ2v) is 2.82. The number of aliphatic hydroxyl groups is 1. The molecule has 0 aliphatic carbocycles. The third kappa shape index (κ3) is 4.04. The molecule has 0 bridgehead atoms. The summed E-state index contributed by atoms with van der Waals surface area (Å²) in [6, 6.07) is 0. The number of rotatable bonds is 6. The van der Waals surface area contributed by atoms with Gasteiger partial charge in [0.1, 0.15) is 6.23 Å². The fourth-order valence-corrected chi connectivity index (χ4v) is 1.30. The molecule has 0 aromatic carbocycles. The van der Waals surface area contributed by atoms with E-state index in [2.05, 4.69) is 25.7 Å². The lowest BCUT2D eigenvalue weighted by Gasteiger charge is -2.29. The molecular weight excluding hydrogens is 154 g/mol. The van der Waals surface area contributed by atoms with Gasteiger partial charge in [0.05, 0.1) is 0 Å². The van der Waals surface area contributed by atoms with Crippen molar-refractivity contribution in [3.8, 4) is 0 Å². The molecular formula is C9H21NO2. The van der Waals surface area contributed by atoms with Crippen molar-refractivity contribution in [3.63, 3.8) is 0 Å². The molecule has 3 nitrogen and oxygen atoms in total. The van der Waals surface area contributed by atoms with Crippen molar-refractivity contribution in [3.05, 3.63) is 0 Å². The fourth-order valence-electron chi connectivity index (χ4n) is 1.30. The van der Waals surface area contributed by atoms with Gasteiger partial charge in [-0.15, -0.1) is 0 Å². The van der Waals surface area contributed by atoms with Crippen LogP contribution in [-0.4, -0.2) is 35.6 Å². The Labute approximate surface area is 75.3 Å². The Bertz CT molecular complexity index is 103. The molecule has 2 atom stereocenters. The molecule has 0 aromatic heterocycles. The molecule has 0 radical (unpaired) electrons. The minimum atomic E-state index is -0.671. The van der Waals surface area contributed by atoms with E-state index in [1.54, 1.807) is 6.92 Å². The molecule has 2 unspecified atom stereocenters. The maximum atomic E-state index is 9.04. The number of aliphatic hydroxyl groups excluding tert-OH is 1. The lowest BCUT2D eigenvalue weighted by molar-refractivity contribution is -0.172. The van der Waals surface area contributed by atoms with Crippen molar-refractivity contribution >= 4 is 0 Å². The molecule has 0 aliphatic heterocycles. The molecule has 3 heteroatoms. The van der Waals surface area contributed by atoms with Crippen molar-refractivity contribution in [2.45, 2.75) is 46.6 Å². The van der Waals surface area contributed by atoms with Crippen molar-refractivity contribution in [1.82, 2.24) is 4.90 Å². The molecule has 74 valence electrons. The third-order valence-corrected chi connectivity index (χ3v) is 1.92. The molecule has 0 saturated heterocycles. The highest BCUT2D eigenvalue weighted by Crippen LogP contribution is 2.07. The van der Waals surface area contributed by atoms with Crippen LogP contribution in [0.4, 0.5) is 0 Å². The van der Waals surface area contributed by atoms with Crippen LogP contribution in [-0.2, 0) is 4.74 Å². The van der Waals surface area contributed by atoms with Gasteiger partial charge in [0.15, 0.2) is 6.29 Å². The molecule has 0 spiro atoms. The van der Waals surface area contributed by atoms with Gasteiger partial charge in [-0.25, -0.2) is 0 Å². The summed E-state index contributed by atoms with van der Waals surface area (Å²) in [5.74, 6) is 0. The van der Waals surface area contributed by atoms with E-state index in [0.717, 1.165) is 19.5 Å². The molecule has 0 heterocycles. The topological polar surface area (TPSA) is 32.7 Å². The normalized spacial score (nSPS) is 16.5. The zero-order valence-corrected chi connectivity index (χ0v) is 8.58. The van der Waals surface area contributed by atoms with E-state index < -0.39 is 6.29 Å². The Morgan fingerprint density at radius 2 is 1.75 bits per heavy atom. The first-order valence-corrected chi connectivity index (χ1v) is 4.73. The van der Waals surface area contributed by atoms with Crippen molar-refractivity contribution < 1.29 is 9.84 Å². The summed E-state index contributed by atoms with van der Waals surface area (Å²) in [5, 5.41) is 9.04. The van der Waals surface area contributed by atoms with Gasteiger partial charge in [-0.05, 0) is 26.4 Å². The summed E-state index contributed by atoms with van der Waals surface area (Å²) in [4.78, 5) is 2.19. The van der Waals surface area contributed by atoms with Crippen LogP contribution >= 0.6 is 0 Å². The molecule has 0 aliphatic rings. The predicted octanol–water partition coefficient (Wildman–Crippen LogP) is 1.42. The van der Waals surface area contributed by atoms with Crippen LogP contribution in [0.25, 0.3) is 0 Å². The fraction of sp³-hybridized carbons (Fsp3) is 1.00. The Kier molecular flexibility index (Phi) is 6.34. The van der Waals surface area contributed by atoms with Crippen LogP contribution in [0.1, 0.15) is 34.1 Å². The van der Waals surface area contributed by atoms with Crippen LogP contribution in [0, 0.1) is 0 Å². The lowest BCUT2D eigenvalue weighted by atomic mass is 10.3. The molecule has 1 N–H and O–H groups in total. The second kappa shape index (κ2) is 6.40. The number of hydrogen-bond acceptors (Lipinski definition) is 3. The third-order valence-electron chi connectivity index (χ3n) is 1.92. The van der Waals surface area contributed by atoms with Crippen LogP contribution in [0.5, 0.6) is 0 Å². The Balaban J connectivity index is 3.92. The zero-order valence-electron chi connectivity index (χ0n) is 8.58. The standard InChI is InChI=1S/C9H21NO2/c1-5-9(12-8(4)11)10(6-2)7-3/h8-9,11H,5-7H2,1-4H3.